The van der Waals surface area contributed by atoms with Gasteiger partial charge in [0, 0.05) is 6.04 Å². The molecule has 2 N–H and O–H groups in total. The van der Waals surface area contributed by atoms with Gasteiger partial charge in [-0.05, 0) is 32.4 Å². The van der Waals surface area contributed by atoms with Gasteiger partial charge in [0.1, 0.15) is 0 Å². The summed E-state index contributed by atoms with van der Waals surface area (Å²) in [5, 5.41) is 3.20. The van der Waals surface area contributed by atoms with Crippen LogP contribution in [0.25, 0.3) is 0 Å². The Labute approximate surface area is 68.5 Å². The van der Waals surface area contributed by atoms with Gasteiger partial charge in [0.2, 0.25) is 0 Å². The van der Waals surface area contributed by atoms with Crippen molar-refractivity contribution in [3.8, 4) is 0 Å². The molecule has 1 fully saturated rings. The summed E-state index contributed by atoms with van der Waals surface area (Å²) in [5.74, 6) is 0. The Morgan fingerprint density at radius 1 is 1.27 bits per heavy atom. The van der Waals surface area contributed by atoms with E-state index in [0.29, 0.717) is 0 Å². The maximum atomic E-state index is 11.8. The highest BCUT2D eigenvalue weighted by Gasteiger charge is 2.09. The molecular formula is C8H19FN2. The van der Waals surface area contributed by atoms with Crippen LogP contribution in [0.3, 0.4) is 0 Å². The Balaban J connectivity index is 0.000000461. The highest BCUT2D eigenvalue weighted by Crippen LogP contribution is 2.03. The van der Waals surface area contributed by atoms with Crippen LogP contribution in [0.4, 0.5) is 4.48 Å². The van der Waals surface area contributed by atoms with Gasteiger partial charge >= 0.3 is 0 Å². The Bertz CT molecular complexity index is 70.5. The van der Waals surface area contributed by atoms with Crippen LogP contribution in [0.5, 0.6) is 0 Å². The topological polar surface area (TPSA) is 24.1 Å². The molecule has 1 aliphatic heterocycles. The zero-order valence-corrected chi connectivity index (χ0v) is 7.49. The van der Waals surface area contributed by atoms with E-state index in [2.05, 4.69) is 5.32 Å². The van der Waals surface area contributed by atoms with Gasteiger partial charge in [-0.2, -0.15) is 5.54 Å². The fourth-order valence-electron chi connectivity index (χ4n) is 1.13. The third kappa shape index (κ3) is 5.16. The highest BCUT2D eigenvalue weighted by atomic mass is 19.2. The van der Waals surface area contributed by atoms with E-state index in [1.807, 2.05) is 13.8 Å². The SMILES string of the molecule is CC.FNC1CCCNCC1. The van der Waals surface area contributed by atoms with Crippen molar-refractivity contribution < 1.29 is 4.48 Å². The fraction of sp³-hybridized carbons (Fsp3) is 1.00. The van der Waals surface area contributed by atoms with Gasteiger partial charge in [0.05, 0.1) is 0 Å². The van der Waals surface area contributed by atoms with Crippen LogP contribution in [0.15, 0.2) is 0 Å². The quantitative estimate of drug-likeness (QED) is 0.573. The largest absolute Gasteiger partial charge is 0.317 e. The number of halogens is 1. The van der Waals surface area contributed by atoms with Crippen LogP contribution in [0, 0.1) is 0 Å². The lowest BCUT2D eigenvalue weighted by Gasteiger charge is -2.06. The number of hydrogen-bond donors (Lipinski definition) is 2. The monoisotopic (exact) mass is 162 g/mol. The molecule has 11 heavy (non-hydrogen) atoms. The van der Waals surface area contributed by atoms with Crippen LogP contribution in [0.1, 0.15) is 33.1 Å². The maximum absolute atomic E-state index is 11.8. The van der Waals surface area contributed by atoms with Crippen LogP contribution in [-0.4, -0.2) is 19.1 Å². The summed E-state index contributed by atoms with van der Waals surface area (Å²) < 4.78 is 11.8. The van der Waals surface area contributed by atoms with Crippen molar-refractivity contribution in [2.45, 2.75) is 39.2 Å². The Morgan fingerprint density at radius 3 is 2.64 bits per heavy atom. The maximum Gasteiger partial charge on any atom is 0.0384 e. The first-order valence-electron chi connectivity index (χ1n) is 4.50. The number of hydrogen-bond acceptors (Lipinski definition) is 2. The Hall–Kier alpha value is -0.150. The molecule has 0 saturated carbocycles. The molecule has 3 heteroatoms. The fourth-order valence-corrected chi connectivity index (χ4v) is 1.13. The van der Waals surface area contributed by atoms with Gasteiger partial charge in [0.25, 0.3) is 0 Å². The van der Waals surface area contributed by atoms with Crippen LogP contribution >= 0.6 is 0 Å². The van der Waals surface area contributed by atoms with Gasteiger partial charge in [-0.25, -0.2) is 0 Å². The van der Waals surface area contributed by atoms with Gasteiger partial charge < -0.3 is 5.32 Å². The summed E-state index contributed by atoms with van der Waals surface area (Å²) in [6.07, 6.45) is 2.96. The zero-order valence-electron chi connectivity index (χ0n) is 7.49. The first-order chi connectivity index (χ1) is 5.43. The predicted molar refractivity (Wildman–Crippen MR) is 46.1 cm³/mol. The highest BCUT2D eigenvalue weighted by molar-refractivity contribution is 4.68. The van der Waals surface area contributed by atoms with Crippen molar-refractivity contribution in [3.05, 3.63) is 0 Å². The summed E-state index contributed by atoms with van der Waals surface area (Å²) in [4.78, 5) is 0. The molecular weight excluding hydrogens is 143 g/mol. The van der Waals surface area contributed by atoms with Gasteiger partial charge in [0.15, 0.2) is 0 Å². The molecule has 1 unspecified atom stereocenters. The number of rotatable bonds is 1. The van der Waals surface area contributed by atoms with Crippen LogP contribution in [-0.2, 0) is 0 Å². The second-order valence-corrected chi connectivity index (χ2v) is 2.49. The van der Waals surface area contributed by atoms with E-state index in [1.54, 1.807) is 5.54 Å². The molecule has 1 saturated heterocycles. The predicted octanol–water partition coefficient (Wildman–Crippen LogP) is 1.63. The smallest absolute Gasteiger partial charge is 0.0384 e. The lowest BCUT2D eigenvalue weighted by atomic mass is 10.1. The summed E-state index contributed by atoms with van der Waals surface area (Å²) in [7, 11) is 0. The first-order valence-corrected chi connectivity index (χ1v) is 4.50. The first kappa shape index (κ1) is 10.8. The molecule has 0 bridgehead atoms. The summed E-state index contributed by atoms with van der Waals surface area (Å²) >= 11 is 0. The summed E-state index contributed by atoms with van der Waals surface area (Å²) in [6.45, 7) is 5.99. The van der Waals surface area contributed by atoms with E-state index in [9.17, 15) is 4.48 Å². The van der Waals surface area contributed by atoms with E-state index in [1.165, 1.54) is 0 Å². The van der Waals surface area contributed by atoms with Gasteiger partial charge in [-0.3, -0.25) is 0 Å². The number of nitrogens with one attached hydrogen (secondary N) is 2. The van der Waals surface area contributed by atoms with Crippen molar-refractivity contribution in [2.24, 2.45) is 0 Å². The molecule has 1 heterocycles. The van der Waals surface area contributed by atoms with E-state index >= 15 is 0 Å². The van der Waals surface area contributed by atoms with Crippen LogP contribution < -0.4 is 10.9 Å². The lowest BCUT2D eigenvalue weighted by Crippen LogP contribution is -2.22. The molecule has 1 aliphatic rings. The van der Waals surface area contributed by atoms with E-state index in [4.69, 9.17) is 0 Å². The molecule has 0 amide bonds. The molecule has 0 spiro atoms. The third-order valence-electron chi connectivity index (χ3n) is 1.73. The molecule has 2 nitrogen and oxygen atoms in total. The molecule has 0 aromatic heterocycles. The molecule has 0 aromatic carbocycles. The van der Waals surface area contributed by atoms with E-state index in [0.717, 1.165) is 32.4 Å². The normalized spacial score (nSPS) is 24.8. The second-order valence-electron chi connectivity index (χ2n) is 2.49. The summed E-state index contributed by atoms with van der Waals surface area (Å²) in [5.41, 5.74) is 1.80. The molecule has 1 atom stereocenters. The Kier molecular flexibility index (Phi) is 7.84. The minimum atomic E-state index is 0.0972. The van der Waals surface area contributed by atoms with Gasteiger partial charge in [-0.15, -0.1) is 4.48 Å². The van der Waals surface area contributed by atoms with Crippen molar-refractivity contribution in [1.29, 1.82) is 0 Å². The minimum Gasteiger partial charge on any atom is -0.317 e. The van der Waals surface area contributed by atoms with Gasteiger partial charge in [-0.1, -0.05) is 13.8 Å². The standard InChI is InChI=1S/C6H13FN2.C2H6/c7-9-6-2-1-4-8-5-3-6;1-2/h6,8-9H,1-5H2;1-2H3. The minimum absolute atomic E-state index is 0.0972. The Morgan fingerprint density at radius 2 is 2.00 bits per heavy atom. The lowest BCUT2D eigenvalue weighted by molar-refractivity contribution is 0.255. The van der Waals surface area contributed by atoms with E-state index in [-0.39, 0.29) is 6.04 Å². The molecule has 0 aliphatic carbocycles. The molecule has 0 radical (unpaired) electrons. The van der Waals surface area contributed by atoms with E-state index < -0.39 is 0 Å². The summed E-state index contributed by atoms with van der Waals surface area (Å²) in [6, 6.07) is 0.0972. The van der Waals surface area contributed by atoms with Crippen molar-refractivity contribution in [2.75, 3.05) is 13.1 Å². The van der Waals surface area contributed by atoms with Crippen molar-refractivity contribution >= 4 is 0 Å². The van der Waals surface area contributed by atoms with Crippen LogP contribution in [0.2, 0.25) is 0 Å². The van der Waals surface area contributed by atoms with Crippen molar-refractivity contribution in [1.82, 2.24) is 10.9 Å². The zero-order chi connectivity index (χ0) is 8.53. The average Bonchev–Trinajstić information content (AvgIpc) is 2.35. The van der Waals surface area contributed by atoms with Crippen molar-refractivity contribution in [3.63, 3.8) is 0 Å². The average molecular weight is 162 g/mol. The molecule has 1 rings (SSSR count). The molecule has 68 valence electrons. The molecule has 0 aromatic rings. The third-order valence-corrected chi connectivity index (χ3v) is 1.73. The second kappa shape index (κ2) is 7.95.